The minimum absolute atomic E-state index is 0.0215. The molecule has 0 saturated carbocycles. The van der Waals surface area contributed by atoms with Gasteiger partial charge in [-0.3, -0.25) is 14.4 Å². The lowest BCUT2D eigenvalue weighted by Gasteiger charge is -2.29. The van der Waals surface area contributed by atoms with Gasteiger partial charge in [-0.1, -0.05) is 18.2 Å². The number of ether oxygens (including phenoxy) is 2. The van der Waals surface area contributed by atoms with Gasteiger partial charge in [-0.2, -0.15) is 0 Å². The summed E-state index contributed by atoms with van der Waals surface area (Å²) in [6.07, 6.45) is 0.477. The van der Waals surface area contributed by atoms with Crippen LogP contribution in [-0.2, 0) is 29.1 Å². The standard InChI is InChI=1S/C31H29N3O7/c1-39-16-19-13-27(35)29(37)30(41-19)22(23-11-17-7-8-18(40-2)12-25(17)33-31(23)38)14-28(36)34-10-9-21-20-5-3-4-6-24(20)32-26(21)15-34/h3-8,11-13,22,32,37H,9-10,14-16H2,1-2H3,(H,33,38)/t22-/m0/s1. The maximum Gasteiger partial charge on any atom is 0.252 e. The Balaban J connectivity index is 1.41. The maximum absolute atomic E-state index is 13.8. The minimum Gasteiger partial charge on any atom is -0.502 e. The summed E-state index contributed by atoms with van der Waals surface area (Å²) in [6, 6.07) is 16.1. The van der Waals surface area contributed by atoms with Crippen LogP contribution in [0, 0.1) is 0 Å². The van der Waals surface area contributed by atoms with Crippen molar-refractivity contribution in [2.24, 2.45) is 0 Å². The summed E-state index contributed by atoms with van der Waals surface area (Å²) in [6.45, 7) is 0.851. The van der Waals surface area contributed by atoms with Crippen LogP contribution in [0.1, 0.15) is 40.7 Å². The summed E-state index contributed by atoms with van der Waals surface area (Å²) in [7, 11) is 2.98. The molecular formula is C31H29N3O7. The first-order valence-corrected chi connectivity index (χ1v) is 13.3. The molecule has 0 saturated heterocycles. The zero-order valence-corrected chi connectivity index (χ0v) is 22.7. The van der Waals surface area contributed by atoms with Crippen LogP contribution >= 0.6 is 0 Å². The number of hydrogen-bond donors (Lipinski definition) is 3. The van der Waals surface area contributed by atoms with E-state index < -0.39 is 22.7 Å². The number of benzene rings is 2. The van der Waals surface area contributed by atoms with Gasteiger partial charge < -0.3 is 33.9 Å². The normalized spacial score (nSPS) is 13.9. The zero-order chi connectivity index (χ0) is 28.7. The molecule has 0 bridgehead atoms. The molecule has 2 aromatic carbocycles. The monoisotopic (exact) mass is 555 g/mol. The number of carbonyl (C=O) groups is 1. The van der Waals surface area contributed by atoms with Gasteiger partial charge in [0.05, 0.1) is 25.1 Å². The molecule has 1 amide bonds. The van der Waals surface area contributed by atoms with E-state index in [1.165, 1.54) is 19.8 Å². The number of carbonyl (C=O) groups excluding carboxylic acids is 1. The molecule has 6 rings (SSSR count). The van der Waals surface area contributed by atoms with Crippen molar-refractivity contribution in [2.75, 3.05) is 20.8 Å². The second kappa shape index (κ2) is 10.6. The van der Waals surface area contributed by atoms with E-state index >= 15 is 0 Å². The SMILES string of the molecule is COCc1cc(=O)c(O)c([C@@H](CC(=O)N2CCc3c([nH]c4ccccc34)C2)c2cc3ccc(OC)cc3[nH]c2=O)o1. The summed E-state index contributed by atoms with van der Waals surface area (Å²) < 4.78 is 16.3. The number of pyridine rings is 1. The first kappa shape index (κ1) is 26.4. The molecule has 210 valence electrons. The lowest BCUT2D eigenvalue weighted by Crippen LogP contribution is -2.37. The van der Waals surface area contributed by atoms with Crippen LogP contribution in [0.3, 0.4) is 0 Å². The summed E-state index contributed by atoms with van der Waals surface area (Å²) in [5, 5.41) is 12.7. The van der Waals surface area contributed by atoms with E-state index in [2.05, 4.69) is 16.0 Å². The average molecular weight is 556 g/mol. The van der Waals surface area contributed by atoms with Gasteiger partial charge in [0.25, 0.3) is 5.56 Å². The van der Waals surface area contributed by atoms with Gasteiger partial charge in [-0.25, -0.2) is 0 Å². The average Bonchev–Trinajstić information content (AvgIpc) is 3.35. The molecule has 0 radical (unpaired) electrons. The molecule has 4 heterocycles. The van der Waals surface area contributed by atoms with E-state index in [-0.39, 0.29) is 36.0 Å². The van der Waals surface area contributed by atoms with Gasteiger partial charge in [0.2, 0.25) is 17.1 Å². The van der Waals surface area contributed by atoms with Crippen LogP contribution in [0.25, 0.3) is 21.8 Å². The highest BCUT2D eigenvalue weighted by atomic mass is 16.5. The third kappa shape index (κ3) is 4.87. The predicted octanol–water partition coefficient (Wildman–Crippen LogP) is 3.93. The van der Waals surface area contributed by atoms with Crippen LogP contribution in [0.5, 0.6) is 11.5 Å². The van der Waals surface area contributed by atoms with Crippen molar-refractivity contribution in [1.82, 2.24) is 14.9 Å². The minimum atomic E-state index is -1.04. The fourth-order valence-electron chi connectivity index (χ4n) is 5.64. The molecule has 1 aliphatic heterocycles. The largest absolute Gasteiger partial charge is 0.502 e. The number of aromatic amines is 2. The Labute approximate surface area is 234 Å². The Morgan fingerprint density at radius 3 is 2.71 bits per heavy atom. The topological polar surface area (TPSA) is 138 Å². The number of aromatic hydroxyl groups is 1. The van der Waals surface area contributed by atoms with Gasteiger partial charge in [0.1, 0.15) is 18.1 Å². The molecule has 10 nitrogen and oxygen atoms in total. The number of aromatic nitrogens is 2. The highest BCUT2D eigenvalue weighted by Crippen LogP contribution is 2.35. The van der Waals surface area contributed by atoms with Gasteiger partial charge in [0, 0.05) is 54.4 Å². The molecule has 0 aliphatic carbocycles. The first-order valence-electron chi connectivity index (χ1n) is 13.3. The third-order valence-electron chi connectivity index (χ3n) is 7.67. The van der Waals surface area contributed by atoms with Crippen molar-refractivity contribution >= 4 is 27.7 Å². The quantitative estimate of drug-likeness (QED) is 0.277. The van der Waals surface area contributed by atoms with Crippen molar-refractivity contribution in [3.8, 4) is 11.5 Å². The van der Waals surface area contributed by atoms with Crippen molar-refractivity contribution in [2.45, 2.75) is 31.9 Å². The molecule has 41 heavy (non-hydrogen) atoms. The fraction of sp³-hybridized carbons (Fsp3) is 0.258. The molecule has 3 aromatic heterocycles. The molecule has 1 aliphatic rings. The second-order valence-electron chi connectivity index (χ2n) is 10.2. The Bertz CT molecular complexity index is 1900. The number of rotatable bonds is 7. The molecule has 5 aromatic rings. The second-order valence-corrected chi connectivity index (χ2v) is 10.2. The van der Waals surface area contributed by atoms with Crippen LogP contribution < -0.4 is 15.7 Å². The number of amides is 1. The van der Waals surface area contributed by atoms with Gasteiger partial charge >= 0.3 is 0 Å². The lowest BCUT2D eigenvalue weighted by molar-refractivity contribution is -0.132. The van der Waals surface area contributed by atoms with Gasteiger partial charge in [-0.05, 0) is 41.6 Å². The highest BCUT2D eigenvalue weighted by Gasteiger charge is 2.32. The maximum atomic E-state index is 13.8. The van der Waals surface area contributed by atoms with Gasteiger partial charge in [0.15, 0.2) is 5.76 Å². The number of para-hydroxylation sites is 1. The fourth-order valence-corrected chi connectivity index (χ4v) is 5.64. The van der Waals surface area contributed by atoms with E-state index in [1.807, 2.05) is 18.2 Å². The van der Waals surface area contributed by atoms with Crippen LogP contribution in [0.15, 0.2) is 68.6 Å². The Morgan fingerprint density at radius 1 is 1.07 bits per heavy atom. The lowest BCUT2D eigenvalue weighted by atomic mass is 9.91. The van der Waals surface area contributed by atoms with Crippen LogP contribution in [0.4, 0.5) is 0 Å². The highest BCUT2D eigenvalue weighted by molar-refractivity contribution is 5.86. The summed E-state index contributed by atoms with van der Waals surface area (Å²) in [5.41, 5.74) is 2.76. The molecule has 1 atom stereocenters. The Kier molecular flexibility index (Phi) is 6.84. The van der Waals surface area contributed by atoms with E-state index in [4.69, 9.17) is 13.9 Å². The van der Waals surface area contributed by atoms with Crippen LogP contribution in [-0.4, -0.2) is 46.6 Å². The van der Waals surface area contributed by atoms with Crippen molar-refractivity contribution in [3.05, 3.63) is 104 Å². The van der Waals surface area contributed by atoms with E-state index in [1.54, 1.807) is 29.2 Å². The van der Waals surface area contributed by atoms with Crippen LogP contribution in [0.2, 0.25) is 0 Å². The van der Waals surface area contributed by atoms with E-state index in [9.17, 15) is 19.5 Å². The van der Waals surface area contributed by atoms with Crippen molar-refractivity contribution in [3.63, 3.8) is 0 Å². The third-order valence-corrected chi connectivity index (χ3v) is 7.67. The smallest absolute Gasteiger partial charge is 0.252 e. The number of hydrogen-bond acceptors (Lipinski definition) is 7. The van der Waals surface area contributed by atoms with Crippen molar-refractivity contribution < 1.29 is 23.8 Å². The number of methoxy groups -OCH3 is 2. The Hall–Kier alpha value is -4.83. The molecule has 0 spiro atoms. The number of H-pyrrole nitrogens is 2. The summed E-state index contributed by atoms with van der Waals surface area (Å²) in [5.74, 6) is -1.33. The first-order chi connectivity index (χ1) is 19.9. The molecule has 0 fully saturated rings. The van der Waals surface area contributed by atoms with Crippen molar-refractivity contribution in [1.29, 1.82) is 0 Å². The number of nitrogens with zero attached hydrogens (tertiary/aromatic N) is 1. The van der Waals surface area contributed by atoms with E-state index in [0.29, 0.717) is 36.2 Å². The molecular weight excluding hydrogens is 526 g/mol. The Morgan fingerprint density at radius 2 is 1.90 bits per heavy atom. The molecule has 10 heteroatoms. The summed E-state index contributed by atoms with van der Waals surface area (Å²) >= 11 is 0. The predicted molar refractivity (Wildman–Crippen MR) is 152 cm³/mol. The van der Waals surface area contributed by atoms with E-state index in [0.717, 1.165) is 22.7 Å². The number of fused-ring (bicyclic) bond motifs is 4. The number of nitrogens with one attached hydrogen (secondary N) is 2. The summed E-state index contributed by atoms with van der Waals surface area (Å²) in [4.78, 5) is 47.9. The molecule has 3 N–H and O–H groups in total. The zero-order valence-electron chi connectivity index (χ0n) is 22.7. The van der Waals surface area contributed by atoms with Gasteiger partial charge in [-0.15, -0.1) is 0 Å². The molecule has 0 unspecified atom stereocenters.